The van der Waals surface area contributed by atoms with Crippen molar-refractivity contribution in [2.24, 2.45) is 0 Å². The number of fused-ring (bicyclic) bond motifs is 1. The molecule has 0 saturated carbocycles. The van der Waals surface area contributed by atoms with Crippen LogP contribution in [0.2, 0.25) is 0 Å². The van der Waals surface area contributed by atoms with Crippen LogP contribution in [0.3, 0.4) is 0 Å². The predicted octanol–water partition coefficient (Wildman–Crippen LogP) is 4.46. The minimum absolute atomic E-state index is 0.0616. The van der Waals surface area contributed by atoms with E-state index >= 15 is 0 Å². The number of hydrogen-bond acceptors (Lipinski definition) is 5. The second-order valence-electron chi connectivity index (χ2n) is 5.51. The third-order valence-corrected chi connectivity index (χ3v) is 4.32. The summed E-state index contributed by atoms with van der Waals surface area (Å²) in [4.78, 5) is 4.59. The van der Waals surface area contributed by atoms with Crippen LogP contribution in [0.15, 0.2) is 41.1 Å². The van der Waals surface area contributed by atoms with Crippen molar-refractivity contribution in [2.75, 3.05) is 18.5 Å². The van der Waals surface area contributed by atoms with Crippen molar-refractivity contribution in [3.05, 3.63) is 46.7 Å². The Balaban J connectivity index is 1.82. The number of rotatable bonds is 7. The van der Waals surface area contributed by atoms with E-state index in [1.807, 2.05) is 44.3 Å². The summed E-state index contributed by atoms with van der Waals surface area (Å²) in [6.07, 6.45) is 3.61. The smallest absolute Gasteiger partial charge is 0.171 e. The molecule has 1 N–H and O–H groups in total. The normalized spacial score (nSPS) is 12.2. The third kappa shape index (κ3) is 3.87. The molecule has 6 nitrogen and oxygen atoms in total. The van der Waals surface area contributed by atoms with E-state index in [1.165, 1.54) is 0 Å². The van der Waals surface area contributed by atoms with Gasteiger partial charge in [0.1, 0.15) is 5.82 Å². The zero-order valence-electron chi connectivity index (χ0n) is 14.5. The summed E-state index contributed by atoms with van der Waals surface area (Å²) in [5.41, 5.74) is 1.88. The number of anilines is 1. The SMILES string of the molecule is CCOc1ccc(C(C)Nc2ccn3ncc(Br)c3n2)cc1OCC. The first-order valence-corrected chi connectivity index (χ1v) is 9.07. The summed E-state index contributed by atoms with van der Waals surface area (Å²) in [7, 11) is 0. The van der Waals surface area contributed by atoms with Crippen molar-refractivity contribution in [1.29, 1.82) is 0 Å². The fourth-order valence-electron chi connectivity index (χ4n) is 2.56. The van der Waals surface area contributed by atoms with Gasteiger partial charge in [0.05, 0.1) is 29.9 Å². The number of halogens is 1. The highest BCUT2D eigenvalue weighted by Gasteiger charge is 2.12. The van der Waals surface area contributed by atoms with Gasteiger partial charge in [-0.2, -0.15) is 5.10 Å². The molecule has 25 heavy (non-hydrogen) atoms. The monoisotopic (exact) mass is 404 g/mol. The lowest BCUT2D eigenvalue weighted by atomic mass is 10.1. The summed E-state index contributed by atoms with van der Waals surface area (Å²) in [5.74, 6) is 2.31. The lowest BCUT2D eigenvalue weighted by Crippen LogP contribution is -2.09. The quantitative estimate of drug-likeness (QED) is 0.629. The van der Waals surface area contributed by atoms with Crippen LogP contribution in [0.25, 0.3) is 5.65 Å². The van der Waals surface area contributed by atoms with Gasteiger partial charge in [-0.1, -0.05) is 6.07 Å². The average molecular weight is 405 g/mol. The topological polar surface area (TPSA) is 60.7 Å². The van der Waals surface area contributed by atoms with E-state index in [9.17, 15) is 0 Å². The van der Waals surface area contributed by atoms with E-state index in [1.54, 1.807) is 10.7 Å². The molecule has 0 saturated heterocycles. The number of benzene rings is 1. The van der Waals surface area contributed by atoms with E-state index in [0.717, 1.165) is 33.0 Å². The van der Waals surface area contributed by atoms with Gasteiger partial charge in [0, 0.05) is 6.20 Å². The second kappa shape index (κ2) is 7.74. The Morgan fingerprint density at radius 3 is 2.68 bits per heavy atom. The summed E-state index contributed by atoms with van der Waals surface area (Å²) in [6.45, 7) is 7.22. The fourth-order valence-corrected chi connectivity index (χ4v) is 2.93. The Morgan fingerprint density at radius 1 is 1.16 bits per heavy atom. The molecule has 1 atom stereocenters. The Kier molecular flexibility index (Phi) is 5.43. The number of nitrogens with zero attached hydrogens (tertiary/aromatic N) is 3. The highest BCUT2D eigenvalue weighted by molar-refractivity contribution is 9.10. The van der Waals surface area contributed by atoms with Crippen LogP contribution < -0.4 is 14.8 Å². The summed E-state index contributed by atoms with van der Waals surface area (Å²) in [6, 6.07) is 7.97. The molecule has 0 radical (unpaired) electrons. The van der Waals surface area contributed by atoms with E-state index < -0.39 is 0 Å². The highest BCUT2D eigenvalue weighted by Crippen LogP contribution is 2.31. The molecular formula is C18H21BrN4O2. The Morgan fingerprint density at radius 2 is 1.92 bits per heavy atom. The zero-order chi connectivity index (χ0) is 17.8. The molecule has 3 rings (SSSR count). The van der Waals surface area contributed by atoms with Gasteiger partial charge in [0.15, 0.2) is 17.1 Å². The standard InChI is InChI=1S/C18H21BrN4O2/c1-4-24-15-7-6-13(10-16(15)25-5-2)12(3)21-17-8-9-23-18(22-17)14(19)11-20-23/h6-12H,4-5H2,1-3H3,(H,21,22). The lowest BCUT2D eigenvalue weighted by Gasteiger charge is -2.18. The van der Waals surface area contributed by atoms with Gasteiger partial charge in [0.25, 0.3) is 0 Å². The lowest BCUT2D eigenvalue weighted by molar-refractivity contribution is 0.287. The second-order valence-corrected chi connectivity index (χ2v) is 6.37. The average Bonchev–Trinajstić information content (AvgIpc) is 2.97. The third-order valence-electron chi connectivity index (χ3n) is 3.76. The van der Waals surface area contributed by atoms with Crippen molar-refractivity contribution in [1.82, 2.24) is 14.6 Å². The van der Waals surface area contributed by atoms with E-state index in [0.29, 0.717) is 13.2 Å². The molecule has 3 aromatic rings. The molecule has 0 fully saturated rings. The maximum Gasteiger partial charge on any atom is 0.171 e. The Hall–Kier alpha value is -2.28. The van der Waals surface area contributed by atoms with E-state index in [4.69, 9.17) is 9.47 Å². The minimum atomic E-state index is 0.0616. The summed E-state index contributed by atoms with van der Waals surface area (Å²) >= 11 is 3.46. The molecule has 132 valence electrons. The molecule has 0 spiro atoms. The van der Waals surface area contributed by atoms with Crippen LogP contribution in [-0.4, -0.2) is 27.8 Å². The predicted molar refractivity (Wildman–Crippen MR) is 102 cm³/mol. The van der Waals surface area contributed by atoms with Crippen molar-refractivity contribution in [3.8, 4) is 11.5 Å². The first-order valence-electron chi connectivity index (χ1n) is 8.28. The van der Waals surface area contributed by atoms with Gasteiger partial charge in [-0.05, 0) is 60.5 Å². The number of hydrogen-bond donors (Lipinski definition) is 1. The van der Waals surface area contributed by atoms with Gasteiger partial charge in [-0.15, -0.1) is 0 Å². The highest BCUT2D eigenvalue weighted by atomic mass is 79.9. The Bertz CT molecular complexity index is 865. The zero-order valence-corrected chi connectivity index (χ0v) is 16.1. The molecule has 0 amide bonds. The van der Waals surface area contributed by atoms with Crippen molar-refractivity contribution in [3.63, 3.8) is 0 Å². The number of nitrogens with one attached hydrogen (secondary N) is 1. The summed E-state index contributed by atoms with van der Waals surface area (Å²) in [5, 5.41) is 7.62. The molecule has 0 aliphatic carbocycles. The molecule has 1 aromatic carbocycles. The molecule has 0 aliphatic heterocycles. The number of aromatic nitrogens is 3. The first-order chi connectivity index (χ1) is 12.1. The van der Waals surface area contributed by atoms with Crippen molar-refractivity contribution >= 4 is 27.4 Å². The maximum absolute atomic E-state index is 5.71. The van der Waals surface area contributed by atoms with Gasteiger partial charge < -0.3 is 14.8 Å². The van der Waals surface area contributed by atoms with Crippen LogP contribution in [0.5, 0.6) is 11.5 Å². The molecular weight excluding hydrogens is 384 g/mol. The first kappa shape index (κ1) is 17.5. The van der Waals surface area contributed by atoms with Crippen LogP contribution >= 0.6 is 15.9 Å². The van der Waals surface area contributed by atoms with Gasteiger partial charge in [-0.3, -0.25) is 0 Å². The molecule has 7 heteroatoms. The van der Waals surface area contributed by atoms with Crippen molar-refractivity contribution in [2.45, 2.75) is 26.8 Å². The molecule has 2 aromatic heterocycles. The molecule has 0 bridgehead atoms. The fraction of sp³-hybridized carbons (Fsp3) is 0.333. The van der Waals surface area contributed by atoms with Crippen LogP contribution in [0, 0.1) is 0 Å². The minimum Gasteiger partial charge on any atom is -0.490 e. The molecule has 2 heterocycles. The number of ether oxygens (including phenoxy) is 2. The summed E-state index contributed by atoms with van der Waals surface area (Å²) < 4.78 is 13.9. The van der Waals surface area contributed by atoms with Gasteiger partial charge in [-0.25, -0.2) is 9.50 Å². The van der Waals surface area contributed by atoms with Crippen LogP contribution in [-0.2, 0) is 0 Å². The van der Waals surface area contributed by atoms with Crippen LogP contribution in [0.4, 0.5) is 5.82 Å². The van der Waals surface area contributed by atoms with Crippen LogP contribution in [0.1, 0.15) is 32.4 Å². The van der Waals surface area contributed by atoms with E-state index in [-0.39, 0.29) is 6.04 Å². The molecule has 1 unspecified atom stereocenters. The maximum atomic E-state index is 5.71. The van der Waals surface area contributed by atoms with Gasteiger partial charge >= 0.3 is 0 Å². The largest absolute Gasteiger partial charge is 0.490 e. The van der Waals surface area contributed by atoms with Gasteiger partial charge in [0.2, 0.25) is 0 Å². The molecule has 0 aliphatic rings. The Labute approximate surface area is 155 Å². The van der Waals surface area contributed by atoms with Crippen molar-refractivity contribution < 1.29 is 9.47 Å². The van der Waals surface area contributed by atoms with E-state index in [2.05, 4.69) is 38.3 Å².